The van der Waals surface area contributed by atoms with Crippen LogP contribution in [0.25, 0.3) is 0 Å². The highest BCUT2D eigenvalue weighted by molar-refractivity contribution is 5.86. The number of aliphatic hydroxyl groups is 1. The first-order chi connectivity index (χ1) is 11.8. The molecule has 0 radical (unpaired) electrons. The fourth-order valence-corrected chi connectivity index (χ4v) is 4.12. The SMILES string of the molecule is CN1CCN(C(=O)C2(CO)CC2)C[C@@]12CCC(=O)N(CC(=O)O)CC2. The van der Waals surface area contributed by atoms with E-state index in [0.29, 0.717) is 38.9 Å². The van der Waals surface area contributed by atoms with Crippen molar-refractivity contribution in [2.24, 2.45) is 5.41 Å². The third-order valence-corrected chi connectivity index (χ3v) is 6.23. The molecule has 2 heterocycles. The molecule has 3 rings (SSSR count). The summed E-state index contributed by atoms with van der Waals surface area (Å²) in [7, 11) is 2.01. The highest BCUT2D eigenvalue weighted by Gasteiger charge is 2.53. The zero-order valence-electron chi connectivity index (χ0n) is 14.7. The number of carboxylic acids is 1. The van der Waals surface area contributed by atoms with Crippen molar-refractivity contribution >= 4 is 17.8 Å². The average molecular weight is 353 g/mol. The highest BCUT2D eigenvalue weighted by Crippen LogP contribution is 2.47. The van der Waals surface area contributed by atoms with E-state index in [1.807, 2.05) is 11.9 Å². The quantitative estimate of drug-likeness (QED) is 0.698. The summed E-state index contributed by atoms with van der Waals surface area (Å²) < 4.78 is 0. The van der Waals surface area contributed by atoms with Gasteiger partial charge in [0.25, 0.3) is 0 Å². The van der Waals surface area contributed by atoms with Gasteiger partial charge in [-0.3, -0.25) is 19.3 Å². The van der Waals surface area contributed by atoms with Gasteiger partial charge in [0.2, 0.25) is 11.8 Å². The van der Waals surface area contributed by atoms with Crippen LogP contribution < -0.4 is 0 Å². The zero-order chi connectivity index (χ0) is 18.2. The Hall–Kier alpha value is -1.67. The van der Waals surface area contributed by atoms with Gasteiger partial charge in [-0.05, 0) is 32.7 Å². The number of amides is 2. The van der Waals surface area contributed by atoms with E-state index >= 15 is 0 Å². The maximum Gasteiger partial charge on any atom is 0.323 e. The monoisotopic (exact) mass is 353 g/mol. The first-order valence-electron chi connectivity index (χ1n) is 8.93. The van der Waals surface area contributed by atoms with Gasteiger partial charge in [0.15, 0.2) is 0 Å². The lowest BCUT2D eigenvalue weighted by Gasteiger charge is -2.50. The van der Waals surface area contributed by atoms with E-state index < -0.39 is 11.4 Å². The molecule has 0 aromatic rings. The molecule has 25 heavy (non-hydrogen) atoms. The summed E-state index contributed by atoms with van der Waals surface area (Å²) in [6.45, 7) is 1.91. The van der Waals surface area contributed by atoms with E-state index in [1.165, 1.54) is 4.90 Å². The minimum absolute atomic E-state index is 0.0282. The Morgan fingerprint density at radius 1 is 1.12 bits per heavy atom. The predicted molar refractivity (Wildman–Crippen MR) is 88.8 cm³/mol. The fourth-order valence-electron chi connectivity index (χ4n) is 4.12. The minimum Gasteiger partial charge on any atom is -0.480 e. The van der Waals surface area contributed by atoms with Crippen LogP contribution in [0.2, 0.25) is 0 Å². The molecular formula is C17H27N3O5. The van der Waals surface area contributed by atoms with Gasteiger partial charge in [0.1, 0.15) is 6.54 Å². The van der Waals surface area contributed by atoms with E-state index in [4.69, 9.17) is 5.11 Å². The molecule has 1 spiro atoms. The number of likely N-dealkylation sites (N-methyl/N-ethyl adjacent to an activating group) is 1. The van der Waals surface area contributed by atoms with Gasteiger partial charge in [-0.25, -0.2) is 0 Å². The van der Waals surface area contributed by atoms with Gasteiger partial charge in [0.05, 0.1) is 12.0 Å². The molecule has 8 heteroatoms. The number of carboxylic acid groups (broad SMARTS) is 1. The Bertz CT molecular complexity index is 577. The minimum atomic E-state index is -1.00. The van der Waals surface area contributed by atoms with E-state index in [9.17, 15) is 19.5 Å². The normalized spacial score (nSPS) is 29.6. The number of hydrogen-bond donors (Lipinski definition) is 2. The second-order valence-electron chi connectivity index (χ2n) is 7.77. The molecule has 8 nitrogen and oxygen atoms in total. The molecule has 1 atom stereocenters. The number of piperazine rings is 1. The average Bonchev–Trinajstić information content (AvgIpc) is 3.39. The van der Waals surface area contributed by atoms with Gasteiger partial charge in [-0.1, -0.05) is 0 Å². The number of aliphatic hydroxyl groups excluding tert-OH is 1. The van der Waals surface area contributed by atoms with Gasteiger partial charge in [0, 0.05) is 38.1 Å². The van der Waals surface area contributed by atoms with Crippen molar-refractivity contribution in [3.8, 4) is 0 Å². The van der Waals surface area contributed by atoms with Crippen molar-refractivity contribution in [2.75, 3.05) is 46.4 Å². The van der Waals surface area contributed by atoms with Crippen LogP contribution in [0.1, 0.15) is 32.1 Å². The van der Waals surface area contributed by atoms with Gasteiger partial charge >= 0.3 is 5.97 Å². The van der Waals surface area contributed by atoms with Crippen molar-refractivity contribution in [1.82, 2.24) is 14.7 Å². The highest BCUT2D eigenvalue weighted by atomic mass is 16.4. The topological polar surface area (TPSA) is 101 Å². The molecule has 2 N–H and O–H groups in total. The van der Waals surface area contributed by atoms with E-state index in [0.717, 1.165) is 19.4 Å². The maximum absolute atomic E-state index is 12.8. The van der Waals surface area contributed by atoms with Gasteiger partial charge in [-0.15, -0.1) is 0 Å². The largest absolute Gasteiger partial charge is 0.480 e. The van der Waals surface area contributed by atoms with Crippen molar-refractivity contribution in [2.45, 2.75) is 37.6 Å². The molecule has 2 saturated heterocycles. The van der Waals surface area contributed by atoms with Crippen LogP contribution in [0, 0.1) is 5.41 Å². The molecule has 1 aliphatic carbocycles. The molecule has 3 fully saturated rings. The summed E-state index contributed by atoms with van der Waals surface area (Å²) >= 11 is 0. The molecule has 0 aromatic carbocycles. The second kappa shape index (κ2) is 6.57. The zero-order valence-corrected chi connectivity index (χ0v) is 14.7. The van der Waals surface area contributed by atoms with E-state index in [2.05, 4.69) is 4.90 Å². The number of rotatable bonds is 4. The Balaban J connectivity index is 1.73. The summed E-state index contributed by atoms with van der Waals surface area (Å²) in [6.07, 6.45) is 3.05. The molecule has 0 unspecified atom stereocenters. The molecule has 2 amide bonds. The molecule has 2 aliphatic heterocycles. The predicted octanol–water partition coefficient (Wildman–Crippen LogP) is -0.631. The number of hydrogen-bond acceptors (Lipinski definition) is 5. The first-order valence-corrected chi connectivity index (χ1v) is 8.93. The molecule has 140 valence electrons. The number of nitrogens with zero attached hydrogens (tertiary/aromatic N) is 3. The summed E-state index contributed by atoms with van der Waals surface area (Å²) in [5, 5.41) is 18.5. The molecule has 3 aliphatic rings. The summed E-state index contributed by atoms with van der Waals surface area (Å²) in [4.78, 5) is 41.5. The van der Waals surface area contributed by atoms with Crippen LogP contribution in [0.5, 0.6) is 0 Å². The maximum atomic E-state index is 12.8. The number of likely N-dealkylation sites (tertiary alicyclic amines) is 1. The van der Waals surface area contributed by atoms with Crippen LogP contribution >= 0.6 is 0 Å². The fraction of sp³-hybridized carbons (Fsp3) is 0.824. The number of carbonyl (C=O) groups excluding carboxylic acids is 2. The lowest BCUT2D eigenvalue weighted by Crippen LogP contribution is -2.63. The molecular weight excluding hydrogens is 326 g/mol. The van der Waals surface area contributed by atoms with E-state index in [-0.39, 0.29) is 30.5 Å². The summed E-state index contributed by atoms with van der Waals surface area (Å²) in [6, 6.07) is 0. The van der Waals surface area contributed by atoms with Crippen molar-refractivity contribution in [3.05, 3.63) is 0 Å². The third-order valence-electron chi connectivity index (χ3n) is 6.23. The summed E-state index contributed by atoms with van der Waals surface area (Å²) in [5.41, 5.74) is -0.880. The van der Waals surface area contributed by atoms with Crippen molar-refractivity contribution in [3.63, 3.8) is 0 Å². The molecule has 0 aromatic heterocycles. The second-order valence-corrected chi connectivity index (χ2v) is 7.77. The molecule has 0 bridgehead atoms. The lowest BCUT2D eigenvalue weighted by molar-refractivity contribution is -0.144. The van der Waals surface area contributed by atoms with E-state index in [1.54, 1.807) is 0 Å². The van der Waals surface area contributed by atoms with Crippen LogP contribution in [-0.4, -0.2) is 94.6 Å². The molecule has 1 saturated carbocycles. The Labute approximate surface area is 147 Å². The standard InChI is InChI=1S/C17H27N3O5/c1-18-8-9-20(15(25)16(12-21)4-5-16)11-17(18)3-2-13(22)19(7-6-17)10-14(23)24/h21H,2-12H2,1H3,(H,23,24)/t17-/m0/s1. The summed E-state index contributed by atoms with van der Waals surface area (Å²) in [5.74, 6) is -1.11. The third kappa shape index (κ3) is 3.37. The number of aliphatic carboxylic acids is 1. The Morgan fingerprint density at radius 2 is 1.84 bits per heavy atom. The smallest absolute Gasteiger partial charge is 0.323 e. The van der Waals surface area contributed by atoms with Crippen LogP contribution in [0.3, 0.4) is 0 Å². The Morgan fingerprint density at radius 3 is 2.44 bits per heavy atom. The Kier molecular flexibility index (Phi) is 4.76. The van der Waals surface area contributed by atoms with Crippen LogP contribution in [0.4, 0.5) is 0 Å². The van der Waals surface area contributed by atoms with Crippen LogP contribution in [-0.2, 0) is 14.4 Å². The number of carbonyl (C=O) groups is 3. The van der Waals surface area contributed by atoms with Gasteiger partial charge < -0.3 is 20.0 Å². The van der Waals surface area contributed by atoms with Gasteiger partial charge in [-0.2, -0.15) is 0 Å². The van der Waals surface area contributed by atoms with Crippen molar-refractivity contribution in [1.29, 1.82) is 0 Å². The van der Waals surface area contributed by atoms with Crippen LogP contribution in [0.15, 0.2) is 0 Å². The first kappa shape index (κ1) is 18.1. The lowest BCUT2D eigenvalue weighted by atomic mass is 9.85. The van der Waals surface area contributed by atoms with Crippen molar-refractivity contribution < 1.29 is 24.6 Å².